The minimum Gasteiger partial charge on any atom is -0.494 e. The minimum absolute atomic E-state index is 0.0188. The highest BCUT2D eigenvalue weighted by atomic mass is 16.5. The second-order valence-corrected chi connectivity index (χ2v) is 4.65. The third-order valence-corrected chi connectivity index (χ3v) is 2.79. The molecule has 102 valence electrons. The van der Waals surface area contributed by atoms with Crippen LogP contribution in [0.1, 0.15) is 26.3 Å². The molecule has 4 heteroatoms. The lowest BCUT2D eigenvalue weighted by Gasteiger charge is -2.13. The standard InChI is InChI=1S/C15H20N2O2/c1-4-19-13-7-5-12(6-8-13)10-17-15(18)14(9-16)11(2)3/h5-8,11,14H,4,10H2,1-3H3,(H,17,18). The van der Waals surface area contributed by atoms with Crippen LogP contribution < -0.4 is 10.1 Å². The van der Waals surface area contributed by atoms with Gasteiger partial charge in [-0.1, -0.05) is 26.0 Å². The molecule has 0 spiro atoms. The molecule has 4 nitrogen and oxygen atoms in total. The van der Waals surface area contributed by atoms with E-state index >= 15 is 0 Å². The van der Waals surface area contributed by atoms with Gasteiger partial charge in [0, 0.05) is 6.54 Å². The van der Waals surface area contributed by atoms with E-state index in [2.05, 4.69) is 5.32 Å². The maximum atomic E-state index is 11.8. The van der Waals surface area contributed by atoms with Crippen molar-refractivity contribution in [1.29, 1.82) is 5.26 Å². The fraction of sp³-hybridized carbons (Fsp3) is 0.467. The first-order valence-corrected chi connectivity index (χ1v) is 6.47. The van der Waals surface area contributed by atoms with Crippen molar-refractivity contribution >= 4 is 5.91 Å². The second kappa shape index (κ2) is 7.42. The summed E-state index contributed by atoms with van der Waals surface area (Å²) < 4.78 is 5.34. The van der Waals surface area contributed by atoms with Crippen LogP contribution in [0.3, 0.4) is 0 Å². The normalized spacial score (nSPS) is 11.7. The Kier molecular flexibility index (Phi) is 5.87. The van der Waals surface area contributed by atoms with Gasteiger partial charge in [-0.25, -0.2) is 0 Å². The molecule has 0 heterocycles. The van der Waals surface area contributed by atoms with Crippen molar-refractivity contribution in [1.82, 2.24) is 5.32 Å². The number of rotatable bonds is 6. The van der Waals surface area contributed by atoms with Gasteiger partial charge in [-0.2, -0.15) is 5.26 Å². The van der Waals surface area contributed by atoms with Crippen molar-refractivity contribution in [2.45, 2.75) is 27.3 Å². The number of nitrogens with zero attached hydrogens (tertiary/aromatic N) is 1. The lowest BCUT2D eigenvalue weighted by Crippen LogP contribution is -2.32. The number of carbonyl (C=O) groups is 1. The van der Waals surface area contributed by atoms with Crippen molar-refractivity contribution in [2.75, 3.05) is 6.61 Å². The van der Waals surface area contributed by atoms with Gasteiger partial charge in [-0.15, -0.1) is 0 Å². The van der Waals surface area contributed by atoms with Gasteiger partial charge in [0.25, 0.3) is 0 Å². The molecule has 1 amide bonds. The molecule has 1 atom stereocenters. The van der Waals surface area contributed by atoms with Crippen molar-refractivity contribution in [3.63, 3.8) is 0 Å². The summed E-state index contributed by atoms with van der Waals surface area (Å²) >= 11 is 0. The number of hydrogen-bond acceptors (Lipinski definition) is 3. The molecule has 1 aromatic carbocycles. The maximum Gasteiger partial charge on any atom is 0.237 e. The van der Waals surface area contributed by atoms with E-state index in [0.29, 0.717) is 13.2 Å². The fourth-order valence-corrected chi connectivity index (χ4v) is 1.68. The summed E-state index contributed by atoms with van der Waals surface area (Å²) in [6, 6.07) is 9.58. The zero-order valence-corrected chi connectivity index (χ0v) is 11.6. The molecule has 1 aromatic rings. The Balaban J connectivity index is 2.52. The SMILES string of the molecule is CCOc1ccc(CNC(=O)C(C#N)C(C)C)cc1. The summed E-state index contributed by atoms with van der Waals surface area (Å²) in [5.41, 5.74) is 0.984. The van der Waals surface area contributed by atoms with Gasteiger partial charge in [0.15, 0.2) is 0 Å². The zero-order valence-electron chi connectivity index (χ0n) is 11.6. The average Bonchev–Trinajstić information content (AvgIpc) is 2.38. The van der Waals surface area contributed by atoms with Crippen LogP contribution >= 0.6 is 0 Å². The average molecular weight is 260 g/mol. The van der Waals surface area contributed by atoms with Crippen LogP contribution in [0.25, 0.3) is 0 Å². The molecule has 0 saturated heterocycles. The van der Waals surface area contributed by atoms with E-state index in [1.54, 1.807) is 0 Å². The Labute approximate surface area is 114 Å². The third kappa shape index (κ3) is 4.63. The van der Waals surface area contributed by atoms with E-state index in [1.807, 2.05) is 51.1 Å². The molecule has 1 N–H and O–H groups in total. The van der Waals surface area contributed by atoms with Crippen molar-refractivity contribution in [3.8, 4) is 11.8 Å². The van der Waals surface area contributed by atoms with E-state index in [-0.39, 0.29) is 11.8 Å². The van der Waals surface area contributed by atoms with E-state index in [0.717, 1.165) is 11.3 Å². The largest absolute Gasteiger partial charge is 0.494 e. The van der Waals surface area contributed by atoms with Crippen molar-refractivity contribution < 1.29 is 9.53 Å². The van der Waals surface area contributed by atoms with Gasteiger partial charge in [-0.3, -0.25) is 4.79 Å². The quantitative estimate of drug-likeness (QED) is 0.854. The molecule has 0 bridgehead atoms. The predicted molar refractivity (Wildman–Crippen MR) is 73.4 cm³/mol. The van der Waals surface area contributed by atoms with Gasteiger partial charge in [0.05, 0.1) is 12.7 Å². The Bertz CT molecular complexity index is 446. The highest BCUT2D eigenvalue weighted by molar-refractivity contribution is 5.81. The van der Waals surface area contributed by atoms with Crippen LogP contribution in [0, 0.1) is 23.2 Å². The smallest absolute Gasteiger partial charge is 0.237 e. The summed E-state index contributed by atoms with van der Waals surface area (Å²) in [5.74, 6) is 0.0223. The van der Waals surface area contributed by atoms with E-state index in [9.17, 15) is 4.79 Å². The number of amides is 1. The van der Waals surface area contributed by atoms with Crippen LogP contribution in [0.2, 0.25) is 0 Å². The Morgan fingerprint density at radius 3 is 2.47 bits per heavy atom. The van der Waals surface area contributed by atoms with Crippen LogP contribution in [0.5, 0.6) is 5.75 Å². The highest BCUT2D eigenvalue weighted by Gasteiger charge is 2.20. The first-order chi connectivity index (χ1) is 9.08. The summed E-state index contributed by atoms with van der Waals surface area (Å²) in [7, 11) is 0. The lowest BCUT2D eigenvalue weighted by atomic mass is 9.96. The molecule has 0 aliphatic carbocycles. The molecular weight excluding hydrogens is 240 g/mol. The van der Waals surface area contributed by atoms with Gasteiger partial charge in [-0.05, 0) is 30.5 Å². The minimum atomic E-state index is -0.595. The number of carbonyl (C=O) groups excluding carboxylic acids is 1. The number of hydrogen-bond donors (Lipinski definition) is 1. The lowest BCUT2D eigenvalue weighted by molar-refractivity contribution is -0.124. The molecule has 19 heavy (non-hydrogen) atoms. The van der Waals surface area contributed by atoms with E-state index in [4.69, 9.17) is 10.00 Å². The van der Waals surface area contributed by atoms with Crippen LogP contribution in [0.4, 0.5) is 0 Å². The van der Waals surface area contributed by atoms with Gasteiger partial charge >= 0.3 is 0 Å². The molecular formula is C15H20N2O2. The number of nitrogens with one attached hydrogen (secondary N) is 1. The fourth-order valence-electron chi connectivity index (χ4n) is 1.68. The summed E-state index contributed by atoms with van der Waals surface area (Å²) in [6.07, 6.45) is 0. The van der Waals surface area contributed by atoms with Gasteiger partial charge in [0.1, 0.15) is 11.7 Å². The first-order valence-electron chi connectivity index (χ1n) is 6.47. The van der Waals surface area contributed by atoms with Crippen molar-refractivity contribution in [3.05, 3.63) is 29.8 Å². The maximum absolute atomic E-state index is 11.8. The predicted octanol–water partition coefficient (Wildman–Crippen LogP) is 2.50. The molecule has 0 aliphatic rings. The molecule has 1 rings (SSSR count). The highest BCUT2D eigenvalue weighted by Crippen LogP contribution is 2.13. The van der Waals surface area contributed by atoms with Crippen LogP contribution in [-0.4, -0.2) is 12.5 Å². The number of ether oxygens (including phenoxy) is 1. The molecule has 1 unspecified atom stereocenters. The van der Waals surface area contributed by atoms with E-state index in [1.165, 1.54) is 0 Å². The molecule has 0 radical (unpaired) electrons. The molecule has 0 aromatic heterocycles. The zero-order chi connectivity index (χ0) is 14.3. The van der Waals surface area contributed by atoms with Crippen molar-refractivity contribution in [2.24, 2.45) is 11.8 Å². The number of nitriles is 1. The second-order valence-electron chi connectivity index (χ2n) is 4.65. The van der Waals surface area contributed by atoms with Crippen LogP contribution in [-0.2, 0) is 11.3 Å². The third-order valence-electron chi connectivity index (χ3n) is 2.79. The Morgan fingerprint density at radius 2 is 2.00 bits per heavy atom. The summed E-state index contributed by atoms with van der Waals surface area (Å²) in [6.45, 7) is 6.72. The molecule has 0 saturated carbocycles. The molecule has 0 aliphatic heterocycles. The number of benzene rings is 1. The monoisotopic (exact) mass is 260 g/mol. The molecule has 0 fully saturated rings. The summed E-state index contributed by atoms with van der Waals surface area (Å²) in [5, 5.41) is 11.7. The van der Waals surface area contributed by atoms with Crippen LogP contribution in [0.15, 0.2) is 24.3 Å². The van der Waals surface area contributed by atoms with Gasteiger partial charge < -0.3 is 10.1 Å². The Hall–Kier alpha value is -2.02. The van der Waals surface area contributed by atoms with Gasteiger partial charge in [0.2, 0.25) is 5.91 Å². The topological polar surface area (TPSA) is 62.1 Å². The summed E-state index contributed by atoms with van der Waals surface area (Å²) in [4.78, 5) is 11.8. The Morgan fingerprint density at radius 1 is 1.37 bits per heavy atom. The first kappa shape index (κ1) is 15.0. The van der Waals surface area contributed by atoms with E-state index < -0.39 is 5.92 Å².